The van der Waals surface area contributed by atoms with Gasteiger partial charge in [0.05, 0.1) is 17.3 Å². The zero-order chi connectivity index (χ0) is 17.1. The van der Waals surface area contributed by atoms with Crippen LogP contribution in [0.3, 0.4) is 0 Å². The third-order valence-corrected chi connectivity index (χ3v) is 3.69. The molecule has 3 rings (SSSR count). The summed E-state index contributed by atoms with van der Waals surface area (Å²) in [6, 6.07) is 12.8. The normalized spacial score (nSPS) is 11.8. The Morgan fingerprint density at radius 1 is 1.17 bits per heavy atom. The van der Waals surface area contributed by atoms with Crippen LogP contribution in [0.1, 0.15) is 24.1 Å². The van der Waals surface area contributed by atoms with Crippen LogP contribution in [-0.4, -0.2) is 9.78 Å². The Labute approximate surface area is 138 Å². The van der Waals surface area contributed by atoms with Crippen LogP contribution >= 0.6 is 0 Å². The van der Waals surface area contributed by atoms with E-state index in [0.717, 1.165) is 23.4 Å². The van der Waals surface area contributed by atoms with Crippen molar-refractivity contribution in [3.63, 3.8) is 0 Å². The number of nitrogens with one attached hydrogen (secondary N) is 1. The number of benzene rings is 2. The third kappa shape index (κ3) is 3.10. The molecule has 6 heteroatoms. The van der Waals surface area contributed by atoms with Gasteiger partial charge < -0.3 is 5.32 Å². The predicted octanol–water partition coefficient (Wildman–Crippen LogP) is 4.20. The Morgan fingerprint density at radius 3 is 2.38 bits per heavy atom. The topological polar surface area (TPSA) is 53.6 Å². The van der Waals surface area contributed by atoms with Crippen molar-refractivity contribution in [1.82, 2.24) is 9.78 Å². The molecule has 1 N–H and O–H groups in total. The molecule has 0 amide bonds. The van der Waals surface area contributed by atoms with Crippen LogP contribution in [0.5, 0.6) is 0 Å². The van der Waals surface area contributed by atoms with Gasteiger partial charge in [0.15, 0.2) is 11.6 Å². The van der Waals surface area contributed by atoms with Gasteiger partial charge in [0.2, 0.25) is 0 Å². The molecule has 0 saturated heterocycles. The van der Waals surface area contributed by atoms with Crippen molar-refractivity contribution < 1.29 is 8.78 Å². The maximum Gasteiger partial charge on any atom is 0.150 e. The fourth-order valence-electron chi connectivity index (χ4n) is 2.41. The fraction of sp³-hybridized carbons (Fsp3) is 0.111. The molecule has 24 heavy (non-hydrogen) atoms. The average Bonchev–Trinajstić information content (AvgIpc) is 3.12. The Bertz CT molecular complexity index is 857. The highest BCUT2D eigenvalue weighted by atomic mass is 19.1. The van der Waals surface area contributed by atoms with Crippen LogP contribution < -0.4 is 5.32 Å². The summed E-state index contributed by atoms with van der Waals surface area (Å²) in [6.07, 6.45) is 3.52. The van der Waals surface area contributed by atoms with Gasteiger partial charge in [-0.2, -0.15) is 10.4 Å². The molecule has 3 aromatic rings. The van der Waals surface area contributed by atoms with Crippen molar-refractivity contribution >= 4 is 5.69 Å². The van der Waals surface area contributed by atoms with E-state index in [1.807, 2.05) is 36.5 Å². The lowest BCUT2D eigenvalue weighted by atomic mass is 10.1. The standard InChI is InChI=1S/C18H14F2N4/c1-12(23-18-16(19)9-13(11-21)10-17(18)20)14-3-5-15(6-4-14)24-8-2-7-22-24/h2-10,12,23H,1H3. The van der Waals surface area contributed by atoms with Crippen molar-refractivity contribution in [2.45, 2.75) is 13.0 Å². The van der Waals surface area contributed by atoms with Crippen LogP contribution in [0, 0.1) is 23.0 Å². The van der Waals surface area contributed by atoms with Gasteiger partial charge >= 0.3 is 0 Å². The first kappa shape index (κ1) is 15.7. The van der Waals surface area contributed by atoms with Crippen molar-refractivity contribution in [1.29, 1.82) is 5.26 Å². The number of rotatable bonds is 4. The highest BCUT2D eigenvalue weighted by Gasteiger charge is 2.14. The van der Waals surface area contributed by atoms with Crippen molar-refractivity contribution in [3.05, 3.63) is 77.6 Å². The SMILES string of the molecule is CC(Nc1c(F)cc(C#N)cc1F)c1ccc(-n2cccn2)cc1. The maximum absolute atomic E-state index is 14.0. The summed E-state index contributed by atoms with van der Waals surface area (Å²) in [5, 5.41) is 15.7. The molecule has 0 saturated carbocycles. The van der Waals surface area contributed by atoms with E-state index in [9.17, 15) is 8.78 Å². The zero-order valence-electron chi connectivity index (χ0n) is 12.9. The maximum atomic E-state index is 14.0. The highest BCUT2D eigenvalue weighted by molar-refractivity contribution is 5.52. The molecular weight excluding hydrogens is 310 g/mol. The monoisotopic (exact) mass is 324 g/mol. The molecule has 0 fully saturated rings. The predicted molar refractivity (Wildman–Crippen MR) is 86.7 cm³/mol. The number of halogens is 2. The van der Waals surface area contributed by atoms with Gasteiger partial charge in [-0.15, -0.1) is 0 Å². The van der Waals surface area contributed by atoms with Gasteiger partial charge in [0.25, 0.3) is 0 Å². The summed E-state index contributed by atoms with van der Waals surface area (Å²) >= 11 is 0. The first-order valence-electron chi connectivity index (χ1n) is 7.34. The number of nitriles is 1. The second kappa shape index (κ2) is 6.50. The molecule has 0 bridgehead atoms. The van der Waals surface area contributed by atoms with Crippen LogP contribution in [0.4, 0.5) is 14.5 Å². The van der Waals surface area contributed by atoms with Crippen LogP contribution in [0.2, 0.25) is 0 Å². The van der Waals surface area contributed by atoms with E-state index >= 15 is 0 Å². The van der Waals surface area contributed by atoms with Crippen molar-refractivity contribution in [3.8, 4) is 11.8 Å². The minimum atomic E-state index is -0.786. The number of hydrogen-bond donors (Lipinski definition) is 1. The van der Waals surface area contributed by atoms with Gasteiger partial charge in [-0.05, 0) is 42.8 Å². The van der Waals surface area contributed by atoms with Gasteiger partial charge in [-0.3, -0.25) is 0 Å². The molecule has 0 spiro atoms. The molecule has 0 aliphatic carbocycles. The van der Waals surface area contributed by atoms with E-state index in [-0.39, 0.29) is 17.3 Å². The molecule has 0 radical (unpaired) electrons. The van der Waals surface area contributed by atoms with Gasteiger partial charge in [-0.1, -0.05) is 12.1 Å². The third-order valence-electron chi connectivity index (χ3n) is 3.69. The second-order valence-corrected chi connectivity index (χ2v) is 5.33. The quantitative estimate of drug-likeness (QED) is 0.783. The van der Waals surface area contributed by atoms with E-state index in [2.05, 4.69) is 10.4 Å². The number of hydrogen-bond acceptors (Lipinski definition) is 3. The van der Waals surface area contributed by atoms with Crippen LogP contribution in [0.25, 0.3) is 5.69 Å². The molecule has 0 aliphatic heterocycles. The van der Waals surface area contributed by atoms with Crippen molar-refractivity contribution in [2.24, 2.45) is 0 Å². The van der Waals surface area contributed by atoms with Crippen molar-refractivity contribution in [2.75, 3.05) is 5.32 Å². The molecular formula is C18H14F2N4. The zero-order valence-corrected chi connectivity index (χ0v) is 12.9. The Balaban J connectivity index is 1.80. The lowest BCUT2D eigenvalue weighted by Gasteiger charge is -2.17. The summed E-state index contributed by atoms with van der Waals surface area (Å²) in [5.74, 6) is -1.57. The molecule has 1 atom stereocenters. The van der Waals surface area contributed by atoms with E-state index in [4.69, 9.17) is 5.26 Å². The largest absolute Gasteiger partial charge is 0.374 e. The lowest BCUT2D eigenvalue weighted by Crippen LogP contribution is -2.10. The number of anilines is 1. The first-order valence-corrected chi connectivity index (χ1v) is 7.34. The fourth-order valence-corrected chi connectivity index (χ4v) is 2.41. The minimum absolute atomic E-state index is 0.0493. The summed E-state index contributed by atoms with van der Waals surface area (Å²) in [4.78, 5) is 0. The Kier molecular flexibility index (Phi) is 4.25. The molecule has 120 valence electrons. The number of aromatic nitrogens is 2. The summed E-state index contributed by atoms with van der Waals surface area (Å²) < 4.78 is 29.6. The summed E-state index contributed by atoms with van der Waals surface area (Å²) in [6.45, 7) is 1.81. The molecule has 4 nitrogen and oxygen atoms in total. The Morgan fingerprint density at radius 2 is 1.83 bits per heavy atom. The minimum Gasteiger partial charge on any atom is -0.374 e. The van der Waals surface area contributed by atoms with Crippen LogP contribution in [0.15, 0.2) is 54.9 Å². The van der Waals surface area contributed by atoms with E-state index in [1.165, 1.54) is 0 Å². The molecule has 1 aromatic heterocycles. The molecule has 1 unspecified atom stereocenters. The summed E-state index contributed by atoms with van der Waals surface area (Å²) in [7, 11) is 0. The van der Waals surface area contributed by atoms with Gasteiger partial charge in [-0.25, -0.2) is 13.5 Å². The van der Waals surface area contributed by atoms with E-state index in [1.54, 1.807) is 23.9 Å². The van der Waals surface area contributed by atoms with E-state index in [0.29, 0.717) is 0 Å². The number of nitrogens with zero attached hydrogens (tertiary/aromatic N) is 3. The first-order chi connectivity index (χ1) is 11.6. The van der Waals surface area contributed by atoms with Crippen LogP contribution in [-0.2, 0) is 0 Å². The highest BCUT2D eigenvalue weighted by Crippen LogP contribution is 2.26. The van der Waals surface area contributed by atoms with E-state index < -0.39 is 11.6 Å². The lowest BCUT2D eigenvalue weighted by molar-refractivity contribution is 0.584. The summed E-state index contributed by atoms with van der Waals surface area (Å²) in [5.41, 5.74) is 1.48. The molecule has 0 aliphatic rings. The van der Waals surface area contributed by atoms with Gasteiger partial charge in [0, 0.05) is 18.4 Å². The molecule has 2 aromatic carbocycles. The second-order valence-electron chi connectivity index (χ2n) is 5.33. The smallest absolute Gasteiger partial charge is 0.150 e. The molecule has 1 heterocycles. The Hall–Kier alpha value is -3.20. The van der Waals surface area contributed by atoms with Gasteiger partial charge in [0.1, 0.15) is 5.69 Å². The average molecular weight is 324 g/mol.